The van der Waals surface area contributed by atoms with E-state index < -0.39 is 17.3 Å². The van der Waals surface area contributed by atoms with Crippen molar-refractivity contribution >= 4 is 21.7 Å². The summed E-state index contributed by atoms with van der Waals surface area (Å²) in [5.41, 5.74) is 4.33. The number of rotatable bonds is 5. The van der Waals surface area contributed by atoms with Gasteiger partial charge in [0.25, 0.3) is 0 Å². The van der Waals surface area contributed by atoms with Gasteiger partial charge in [-0.1, -0.05) is 13.8 Å². The van der Waals surface area contributed by atoms with Crippen LogP contribution >= 0.6 is 15.9 Å². The SMILES string of the molecule is CCC(CC)(CN)Nc1ncc(Br)cc1C(F)(F)F. The summed E-state index contributed by atoms with van der Waals surface area (Å²) in [5.74, 6) is -0.176. The molecule has 3 nitrogen and oxygen atoms in total. The van der Waals surface area contributed by atoms with E-state index in [4.69, 9.17) is 5.73 Å². The third-order valence-electron chi connectivity index (χ3n) is 3.29. The van der Waals surface area contributed by atoms with Crippen molar-refractivity contribution in [3.05, 3.63) is 22.3 Å². The zero-order chi connectivity index (χ0) is 14.7. The van der Waals surface area contributed by atoms with Crippen molar-refractivity contribution in [2.24, 2.45) is 5.73 Å². The zero-order valence-electron chi connectivity index (χ0n) is 10.8. The Balaban J connectivity index is 3.21. The van der Waals surface area contributed by atoms with Crippen molar-refractivity contribution in [2.75, 3.05) is 11.9 Å². The Morgan fingerprint density at radius 1 is 1.32 bits per heavy atom. The highest BCUT2D eigenvalue weighted by Crippen LogP contribution is 2.36. The van der Waals surface area contributed by atoms with Crippen molar-refractivity contribution in [3.8, 4) is 0 Å². The topological polar surface area (TPSA) is 50.9 Å². The summed E-state index contributed by atoms with van der Waals surface area (Å²) >= 11 is 3.00. The van der Waals surface area contributed by atoms with Crippen LogP contribution < -0.4 is 11.1 Å². The van der Waals surface area contributed by atoms with Crippen LogP contribution in [-0.2, 0) is 6.18 Å². The number of hydrogen-bond donors (Lipinski definition) is 2. The van der Waals surface area contributed by atoms with E-state index in [-0.39, 0.29) is 16.8 Å². The molecule has 1 heterocycles. The smallest absolute Gasteiger partial charge is 0.363 e. The molecule has 0 unspecified atom stereocenters. The number of nitrogens with zero attached hydrogens (tertiary/aromatic N) is 1. The molecule has 0 amide bonds. The summed E-state index contributed by atoms with van der Waals surface area (Å²) in [4.78, 5) is 3.84. The molecule has 0 fully saturated rings. The number of aromatic nitrogens is 1. The molecule has 1 rings (SSSR count). The highest BCUT2D eigenvalue weighted by Gasteiger charge is 2.36. The first-order valence-corrected chi connectivity index (χ1v) is 6.78. The fourth-order valence-corrected chi connectivity index (χ4v) is 2.10. The van der Waals surface area contributed by atoms with Crippen LogP contribution in [0.5, 0.6) is 0 Å². The minimum Gasteiger partial charge on any atom is -0.363 e. The molecular weight excluding hydrogens is 323 g/mol. The molecule has 1 aromatic heterocycles. The second-order valence-electron chi connectivity index (χ2n) is 4.36. The predicted molar refractivity (Wildman–Crippen MR) is 72.9 cm³/mol. The summed E-state index contributed by atoms with van der Waals surface area (Å²) < 4.78 is 39.2. The fraction of sp³-hybridized carbons (Fsp3) is 0.583. The molecule has 108 valence electrons. The van der Waals surface area contributed by atoms with Crippen LogP contribution in [-0.4, -0.2) is 17.1 Å². The minimum absolute atomic E-state index is 0.176. The van der Waals surface area contributed by atoms with Gasteiger partial charge in [0.05, 0.1) is 11.1 Å². The molecule has 3 N–H and O–H groups in total. The second kappa shape index (κ2) is 6.09. The van der Waals surface area contributed by atoms with Gasteiger partial charge in [-0.15, -0.1) is 0 Å². The zero-order valence-corrected chi connectivity index (χ0v) is 12.4. The number of nitrogens with one attached hydrogen (secondary N) is 1. The Labute approximate surface area is 118 Å². The molecule has 1 aromatic rings. The average Bonchev–Trinajstić information content (AvgIpc) is 2.37. The van der Waals surface area contributed by atoms with Crippen LogP contribution in [0.15, 0.2) is 16.7 Å². The van der Waals surface area contributed by atoms with E-state index in [9.17, 15) is 13.2 Å². The maximum absolute atomic E-state index is 13.0. The Kier molecular flexibility index (Phi) is 5.20. The van der Waals surface area contributed by atoms with Crippen LogP contribution in [0.4, 0.5) is 19.0 Å². The summed E-state index contributed by atoms with van der Waals surface area (Å²) in [6.45, 7) is 4.01. The van der Waals surface area contributed by atoms with Crippen LogP contribution in [0.2, 0.25) is 0 Å². The van der Waals surface area contributed by atoms with Crippen LogP contribution in [0, 0.1) is 0 Å². The molecule has 0 aliphatic heterocycles. The van der Waals surface area contributed by atoms with Gasteiger partial charge in [0.2, 0.25) is 0 Å². The van der Waals surface area contributed by atoms with E-state index in [1.807, 2.05) is 13.8 Å². The lowest BCUT2D eigenvalue weighted by Gasteiger charge is -2.33. The number of nitrogens with two attached hydrogens (primary N) is 1. The molecule has 0 bridgehead atoms. The van der Waals surface area contributed by atoms with Crippen LogP contribution in [0.3, 0.4) is 0 Å². The highest BCUT2D eigenvalue weighted by molar-refractivity contribution is 9.10. The normalized spacial score (nSPS) is 12.6. The van der Waals surface area contributed by atoms with E-state index in [2.05, 4.69) is 26.2 Å². The van der Waals surface area contributed by atoms with E-state index in [1.165, 1.54) is 6.20 Å². The first kappa shape index (κ1) is 16.2. The first-order chi connectivity index (χ1) is 8.78. The van der Waals surface area contributed by atoms with Crippen molar-refractivity contribution in [3.63, 3.8) is 0 Å². The van der Waals surface area contributed by atoms with Gasteiger partial charge < -0.3 is 11.1 Å². The number of anilines is 1. The number of hydrogen-bond acceptors (Lipinski definition) is 3. The maximum atomic E-state index is 13.0. The quantitative estimate of drug-likeness (QED) is 0.857. The van der Waals surface area contributed by atoms with E-state index in [0.29, 0.717) is 12.8 Å². The standard InChI is InChI=1S/C12H17BrF3N3/c1-3-11(4-2,7-17)19-10-9(12(14,15)16)5-8(13)6-18-10/h5-6H,3-4,7,17H2,1-2H3,(H,18,19). The minimum atomic E-state index is -4.46. The van der Waals surface area contributed by atoms with E-state index in [0.717, 1.165) is 6.07 Å². The summed E-state index contributed by atoms with van der Waals surface area (Å²) in [7, 11) is 0. The highest BCUT2D eigenvalue weighted by atomic mass is 79.9. The number of alkyl halides is 3. The Hall–Kier alpha value is -0.820. The first-order valence-electron chi connectivity index (χ1n) is 5.99. The van der Waals surface area contributed by atoms with Gasteiger partial charge in [0.1, 0.15) is 5.82 Å². The molecule has 0 aromatic carbocycles. The third kappa shape index (κ3) is 3.82. The molecule has 0 saturated carbocycles. The Morgan fingerprint density at radius 2 is 1.89 bits per heavy atom. The van der Waals surface area contributed by atoms with Gasteiger partial charge in [-0.2, -0.15) is 13.2 Å². The van der Waals surface area contributed by atoms with Crippen LogP contribution in [0.1, 0.15) is 32.3 Å². The van der Waals surface area contributed by atoms with E-state index in [1.54, 1.807) is 0 Å². The fourth-order valence-electron chi connectivity index (χ4n) is 1.77. The Bertz CT molecular complexity index is 422. The van der Waals surface area contributed by atoms with E-state index >= 15 is 0 Å². The van der Waals surface area contributed by atoms with Gasteiger partial charge in [-0.3, -0.25) is 0 Å². The Morgan fingerprint density at radius 3 is 2.32 bits per heavy atom. The van der Waals surface area contributed by atoms with Crippen molar-refractivity contribution in [2.45, 2.75) is 38.4 Å². The summed E-state index contributed by atoms with van der Waals surface area (Å²) in [6, 6.07) is 1.02. The summed E-state index contributed by atoms with van der Waals surface area (Å²) in [5, 5.41) is 2.87. The monoisotopic (exact) mass is 339 g/mol. The lowest BCUT2D eigenvalue weighted by atomic mass is 9.92. The molecule has 0 aliphatic rings. The molecule has 19 heavy (non-hydrogen) atoms. The maximum Gasteiger partial charge on any atom is 0.419 e. The summed E-state index contributed by atoms with van der Waals surface area (Å²) in [6.07, 6.45) is -1.88. The van der Waals surface area contributed by atoms with Crippen molar-refractivity contribution in [1.82, 2.24) is 4.98 Å². The van der Waals surface area contributed by atoms with Crippen molar-refractivity contribution in [1.29, 1.82) is 0 Å². The molecule has 0 aliphatic carbocycles. The molecule has 7 heteroatoms. The van der Waals surface area contributed by atoms with Crippen molar-refractivity contribution < 1.29 is 13.2 Å². The average molecular weight is 340 g/mol. The van der Waals surface area contributed by atoms with Gasteiger partial charge in [0.15, 0.2) is 0 Å². The number of pyridine rings is 1. The predicted octanol–water partition coefficient (Wildman–Crippen LogP) is 3.79. The molecule has 0 radical (unpaired) electrons. The molecule has 0 saturated heterocycles. The second-order valence-corrected chi connectivity index (χ2v) is 5.28. The van der Waals surface area contributed by atoms with Gasteiger partial charge >= 0.3 is 6.18 Å². The molecule has 0 atom stereocenters. The third-order valence-corrected chi connectivity index (χ3v) is 3.72. The molecular formula is C12H17BrF3N3. The van der Waals surface area contributed by atoms with Gasteiger partial charge in [-0.05, 0) is 34.8 Å². The van der Waals surface area contributed by atoms with Gasteiger partial charge in [-0.25, -0.2) is 4.98 Å². The lowest BCUT2D eigenvalue weighted by Crippen LogP contribution is -2.45. The van der Waals surface area contributed by atoms with Crippen LogP contribution in [0.25, 0.3) is 0 Å². The largest absolute Gasteiger partial charge is 0.419 e. The lowest BCUT2D eigenvalue weighted by molar-refractivity contribution is -0.137. The van der Waals surface area contributed by atoms with Gasteiger partial charge in [0, 0.05) is 17.2 Å². The molecule has 0 spiro atoms. The number of halogens is 4.